The molecule has 0 aliphatic heterocycles. The highest BCUT2D eigenvalue weighted by atomic mass is 79.9. The van der Waals surface area contributed by atoms with Crippen LogP contribution >= 0.6 is 27.3 Å². The van der Waals surface area contributed by atoms with Gasteiger partial charge in [0.2, 0.25) is 0 Å². The molecule has 0 fully saturated rings. The molecule has 1 aromatic carbocycles. The molecule has 3 N–H and O–H groups in total. The van der Waals surface area contributed by atoms with Gasteiger partial charge in [-0.15, -0.1) is 11.3 Å². The zero-order chi connectivity index (χ0) is 14.7. The van der Waals surface area contributed by atoms with Crippen LogP contribution in [0.3, 0.4) is 0 Å². The molecule has 6 heteroatoms. The normalized spacial score (nSPS) is 12.4. The van der Waals surface area contributed by atoms with Crippen LogP contribution in [0.25, 0.3) is 0 Å². The largest absolute Gasteiger partial charge is 0.496 e. The van der Waals surface area contributed by atoms with E-state index in [1.54, 1.807) is 18.4 Å². The van der Waals surface area contributed by atoms with E-state index in [0.29, 0.717) is 0 Å². The molecule has 0 aliphatic rings. The average molecular weight is 356 g/mol. The van der Waals surface area contributed by atoms with Crippen LogP contribution < -0.4 is 16.0 Å². The predicted octanol–water partition coefficient (Wildman–Crippen LogP) is 3.28. The SMILES string of the molecule is COc1ccc(CC(NN)c2sc(C)nc2C)cc1Br. The Labute approximate surface area is 131 Å². The molecule has 1 heterocycles. The van der Waals surface area contributed by atoms with Gasteiger partial charge < -0.3 is 4.74 Å². The van der Waals surface area contributed by atoms with Gasteiger partial charge in [0.1, 0.15) is 5.75 Å². The van der Waals surface area contributed by atoms with Crippen molar-refractivity contribution in [3.8, 4) is 5.75 Å². The lowest BCUT2D eigenvalue weighted by Crippen LogP contribution is -2.29. The Hall–Kier alpha value is -0.950. The Bertz CT molecular complexity index is 600. The molecule has 0 saturated carbocycles. The Balaban J connectivity index is 2.22. The van der Waals surface area contributed by atoms with Crippen molar-refractivity contribution in [3.05, 3.63) is 43.8 Å². The highest BCUT2D eigenvalue weighted by Crippen LogP contribution is 2.30. The fraction of sp³-hybridized carbons (Fsp3) is 0.357. The minimum atomic E-state index is 0.0708. The van der Waals surface area contributed by atoms with Gasteiger partial charge in [-0.05, 0) is 53.9 Å². The molecule has 1 unspecified atom stereocenters. The van der Waals surface area contributed by atoms with Crippen molar-refractivity contribution in [3.63, 3.8) is 0 Å². The van der Waals surface area contributed by atoms with Gasteiger partial charge in [-0.2, -0.15) is 0 Å². The van der Waals surface area contributed by atoms with E-state index in [2.05, 4.69) is 38.5 Å². The van der Waals surface area contributed by atoms with E-state index in [0.717, 1.165) is 27.3 Å². The van der Waals surface area contributed by atoms with Gasteiger partial charge in [0, 0.05) is 4.88 Å². The van der Waals surface area contributed by atoms with Crippen LogP contribution in [0, 0.1) is 13.8 Å². The van der Waals surface area contributed by atoms with E-state index >= 15 is 0 Å². The van der Waals surface area contributed by atoms with Crippen LogP contribution in [0.1, 0.15) is 27.2 Å². The summed E-state index contributed by atoms with van der Waals surface area (Å²) in [6.07, 6.45) is 0.807. The minimum absolute atomic E-state index is 0.0708. The maximum Gasteiger partial charge on any atom is 0.133 e. The molecule has 4 nitrogen and oxygen atoms in total. The van der Waals surface area contributed by atoms with E-state index < -0.39 is 0 Å². The number of halogens is 1. The zero-order valence-corrected chi connectivity index (χ0v) is 14.1. The second kappa shape index (κ2) is 6.67. The summed E-state index contributed by atoms with van der Waals surface area (Å²) in [4.78, 5) is 5.65. The van der Waals surface area contributed by atoms with E-state index in [1.807, 2.05) is 19.9 Å². The van der Waals surface area contributed by atoms with Crippen LogP contribution in [-0.2, 0) is 6.42 Å². The van der Waals surface area contributed by atoms with Gasteiger partial charge in [0.25, 0.3) is 0 Å². The summed E-state index contributed by atoms with van der Waals surface area (Å²) in [7, 11) is 1.66. The maximum absolute atomic E-state index is 5.72. The molecule has 2 aromatic rings. The van der Waals surface area contributed by atoms with Gasteiger partial charge in [-0.25, -0.2) is 4.98 Å². The number of aromatic nitrogens is 1. The first kappa shape index (κ1) is 15.4. The van der Waals surface area contributed by atoms with E-state index in [9.17, 15) is 0 Å². The summed E-state index contributed by atoms with van der Waals surface area (Å²) in [5.41, 5.74) is 5.12. The van der Waals surface area contributed by atoms with Crippen LogP contribution in [0.15, 0.2) is 22.7 Å². The number of benzene rings is 1. The fourth-order valence-corrected chi connectivity index (χ4v) is 3.75. The lowest BCUT2D eigenvalue weighted by molar-refractivity contribution is 0.412. The molecule has 20 heavy (non-hydrogen) atoms. The zero-order valence-electron chi connectivity index (χ0n) is 11.7. The quantitative estimate of drug-likeness (QED) is 0.638. The van der Waals surface area contributed by atoms with Gasteiger partial charge in [0.05, 0.1) is 28.3 Å². The number of aryl methyl sites for hydroxylation is 2. The number of nitrogens with one attached hydrogen (secondary N) is 1. The first-order valence-electron chi connectivity index (χ1n) is 6.27. The summed E-state index contributed by atoms with van der Waals surface area (Å²) in [5.74, 6) is 6.55. The summed E-state index contributed by atoms with van der Waals surface area (Å²) in [5, 5.41) is 1.06. The molecule has 1 aromatic heterocycles. The monoisotopic (exact) mass is 355 g/mol. The summed E-state index contributed by atoms with van der Waals surface area (Å²) in [6, 6.07) is 6.14. The number of hydrogen-bond acceptors (Lipinski definition) is 5. The Morgan fingerprint density at radius 2 is 2.20 bits per heavy atom. The number of hydrogen-bond donors (Lipinski definition) is 2. The number of thiazole rings is 1. The molecule has 0 spiro atoms. The molecule has 0 bridgehead atoms. The average Bonchev–Trinajstić information content (AvgIpc) is 2.75. The number of methoxy groups -OCH3 is 1. The third kappa shape index (κ3) is 3.38. The molecule has 0 saturated heterocycles. The molecule has 0 amide bonds. The van der Waals surface area contributed by atoms with Crippen molar-refractivity contribution in [2.75, 3.05) is 7.11 Å². The number of nitrogens with two attached hydrogens (primary N) is 1. The van der Waals surface area contributed by atoms with Gasteiger partial charge in [0.15, 0.2) is 0 Å². The van der Waals surface area contributed by atoms with Crippen molar-refractivity contribution in [2.24, 2.45) is 5.84 Å². The molecule has 1 atom stereocenters. The fourth-order valence-electron chi connectivity index (χ4n) is 2.17. The second-order valence-electron chi connectivity index (χ2n) is 4.57. The van der Waals surface area contributed by atoms with Crippen LogP contribution in [0.2, 0.25) is 0 Å². The summed E-state index contributed by atoms with van der Waals surface area (Å²) < 4.78 is 6.19. The molecule has 0 aliphatic carbocycles. The van der Waals surface area contributed by atoms with E-state index in [1.165, 1.54) is 10.4 Å². The van der Waals surface area contributed by atoms with Crippen molar-refractivity contribution >= 4 is 27.3 Å². The highest BCUT2D eigenvalue weighted by molar-refractivity contribution is 9.10. The lowest BCUT2D eigenvalue weighted by atomic mass is 10.0. The summed E-state index contributed by atoms with van der Waals surface area (Å²) in [6.45, 7) is 4.03. The molecule has 0 radical (unpaired) electrons. The van der Waals surface area contributed by atoms with Crippen LogP contribution in [0.4, 0.5) is 0 Å². The van der Waals surface area contributed by atoms with Crippen molar-refractivity contribution in [2.45, 2.75) is 26.3 Å². The summed E-state index contributed by atoms with van der Waals surface area (Å²) >= 11 is 5.20. The molecular weight excluding hydrogens is 338 g/mol. The van der Waals surface area contributed by atoms with Crippen LogP contribution in [0.5, 0.6) is 5.75 Å². The first-order valence-corrected chi connectivity index (χ1v) is 7.88. The number of rotatable bonds is 5. The van der Waals surface area contributed by atoms with E-state index in [4.69, 9.17) is 10.6 Å². The Kier molecular flexibility index (Phi) is 5.15. The van der Waals surface area contributed by atoms with Gasteiger partial charge in [-0.1, -0.05) is 6.07 Å². The Morgan fingerprint density at radius 3 is 2.70 bits per heavy atom. The smallest absolute Gasteiger partial charge is 0.133 e. The molecule has 108 valence electrons. The second-order valence-corrected chi connectivity index (χ2v) is 6.66. The topological polar surface area (TPSA) is 60.2 Å². The van der Waals surface area contributed by atoms with Crippen molar-refractivity contribution < 1.29 is 4.74 Å². The van der Waals surface area contributed by atoms with Gasteiger partial charge >= 0.3 is 0 Å². The first-order chi connectivity index (χ1) is 9.55. The molecule has 2 rings (SSSR count). The lowest BCUT2D eigenvalue weighted by Gasteiger charge is -2.15. The maximum atomic E-state index is 5.72. The van der Waals surface area contributed by atoms with Gasteiger partial charge in [-0.3, -0.25) is 11.3 Å². The number of nitrogens with zero attached hydrogens (tertiary/aromatic N) is 1. The predicted molar refractivity (Wildman–Crippen MR) is 86.1 cm³/mol. The van der Waals surface area contributed by atoms with Crippen molar-refractivity contribution in [1.29, 1.82) is 0 Å². The van der Waals surface area contributed by atoms with Crippen LogP contribution in [-0.4, -0.2) is 12.1 Å². The number of hydrazine groups is 1. The van der Waals surface area contributed by atoms with Crippen molar-refractivity contribution in [1.82, 2.24) is 10.4 Å². The number of ether oxygens (including phenoxy) is 1. The standard InChI is InChI=1S/C14H18BrN3OS/c1-8-14(20-9(2)17-8)12(18-16)7-10-4-5-13(19-3)11(15)6-10/h4-6,12,18H,7,16H2,1-3H3. The van der Waals surface area contributed by atoms with E-state index in [-0.39, 0.29) is 6.04 Å². The highest BCUT2D eigenvalue weighted by Gasteiger charge is 2.17. The third-order valence-electron chi connectivity index (χ3n) is 3.11. The third-order valence-corrected chi connectivity index (χ3v) is 4.92. The Morgan fingerprint density at radius 1 is 1.45 bits per heavy atom. The molecular formula is C14H18BrN3OS. The minimum Gasteiger partial charge on any atom is -0.496 e.